The fourth-order valence-electron chi connectivity index (χ4n) is 1.43. The van der Waals surface area contributed by atoms with E-state index in [0.29, 0.717) is 11.3 Å². The SMILES string of the molecule is Cn1cc(-c2nccc(C(=O)O)c2N)cn1. The standard InChI is InChI=1S/C10H10N4O2/c1-14-5-6(4-13-14)9-8(11)7(10(15)16)2-3-12-9/h2-5H,11H2,1H3,(H,15,16). The number of carbonyl (C=O) groups is 1. The molecule has 6 heteroatoms. The van der Waals surface area contributed by atoms with Crippen molar-refractivity contribution in [3.8, 4) is 11.3 Å². The van der Waals surface area contributed by atoms with Gasteiger partial charge in [0.2, 0.25) is 0 Å². The summed E-state index contributed by atoms with van der Waals surface area (Å²) in [6.07, 6.45) is 4.73. The number of aryl methyl sites for hydroxylation is 1. The molecule has 0 bridgehead atoms. The predicted molar refractivity (Wildman–Crippen MR) is 57.8 cm³/mol. The van der Waals surface area contributed by atoms with Crippen molar-refractivity contribution in [2.24, 2.45) is 7.05 Å². The second-order valence-electron chi connectivity index (χ2n) is 3.33. The lowest BCUT2D eigenvalue weighted by atomic mass is 10.1. The number of rotatable bonds is 2. The zero-order valence-electron chi connectivity index (χ0n) is 8.58. The molecule has 0 aliphatic rings. The van der Waals surface area contributed by atoms with E-state index >= 15 is 0 Å². The Bertz CT molecular complexity index is 548. The van der Waals surface area contributed by atoms with Gasteiger partial charge < -0.3 is 10.8 Å². The Morgan fingerprint density at radius 1 is 1.56 bits per heavy atom. The summed E-state index contributed by atoms with van der Waals surface area (Å²) in [7, 11) is 1.76. The monoisotopic (exact) mass is 218 g/mol. The van der Waals surface area contributed by atoms with Crippen molar-refractivity contribution in [1.29, 1.82) is 0 Å². The number of aromatic carboxylic acids is 1. The average molecular weight is 218 g/mol. The van der Waals surface area contributed by atoms with Crippen LogP contribution in [0.1, 0.15) is 10.4 Å². The molecular formula is C10H10N4O2. The first-order valence-corrected chi connectivity index (χ1v) is 4.56. The first kappa shape index (κ1) is 10.2. The Labute approximate surface area is 91.3 Å². The molecule has 3 N–H and O–H groups in total. The molecule has 0 atom stereocenters. The van der Waals surface area contributed by atoms with Gasteiger partial charge in [-0.1, -0.05) is 0 Å². The molecule has 0 saturated heterocycles. The van der Waals surface area contributed by atoms with E-state index < -0.39 is 5.97 Å². The topological polar surface area (TPSA) is 94.0 Å². The lowest BCUT2D eigenvalue weighted by Crippen LogP contribution is -2.04. The first-order chi connectivity index (χ1) is 7.59. The largest absolute Gasteiger partial charge is 0.478 e. The van der Waals surface area contributed by atoms with Crippen LogP contribution in [0, 0.1) is 0 Å². The van der Waals surface area contributed by atoms with Gasteiger partial charge in [0.15, 0.2) is 0 Å². The Morgan fingerprint density at radius 3 is 2.88 bits per heavy atom. The van der Waals surface area contributed by atoms with Crippen molar-refractivity contribution >= 4 is 11.7 Å². The van der Waals surface area contributed by atoms with Crippen molar-refractivity contribution < 1.29 is 9.90 Å². The fourth-order valence-corrected chi connectivity index (χ4v) is 1.43. The van der Waals surface area contributed by atoms with Crippen molar-refractivity contribution in [2.45, 2.75) is 0 Å². The van der Waals surface area contributed by atoms with Crippen LogP contribution in [0.25, 0.3) is 11.3 Å². The van der Waals surface area contributed by atoms with Gasteiger partial charge in [-0.2, -0.15) is 5.10 Å². The van der Waals surface area contributed by atoms with Crippen molar-refractivity contribution in [2.75, 3.05) is 5.73 Å². The van der Waals surface area contributed by atoms with Gasteiger partial charge >= 0.3 is 5.97 Å². The number of hydrogen-bond acceptors (Lipinski definition) is 4. The lowest BCUT2D eigenvalue weighted by molar-refractivity contribution is 0.0698. The number of nitrogens with two attached hydrogens (primary N) is 1. The first-order valence-electron chi connectivity index (χ1n) is 4.56. The molecule has 0 aliphatic heterocycles. The summed E-state index contributed by atoms with van der Waals surface area (Å²) in [6, 6.07) is 1.37. The minimum Gasteiger partial charge on any atom is -0.478 e. The molecule has 6 nitrogen and oxygen atoms in total. The van der Waals surface area contributed by atoms with Crippen LogP contribution in [0.5, 0.6) is 0 Å². The molecule has 0 unspecified atom stereocenters. The number of aromatic nitrogens is 3. The molecule has 0 saturated carbocycles. The third-order valence-electron chi connectivity index (χ3n) is 2.20. The summed E-state index contributed by atoms with van der Waals surface area (Å²) in [5, 5.41) is 12.9. The molecule has 16 heavy (non-hydrogen) atoms. The molecule has 0 aliphatic carbocycles. The molecule has 2 heterocycles. The minimum atomic E-state index is -1.06. The van der Waals surface area contributed by atoms with Crippen LogP contribution < -0.4 is 5.73 Å². The highest BCUT2D eigenvalue weighted by atomic mass is 16.4. The maximum atomic E-state index is 10.9. The van der Waals surface area contributed by atoms with Gasteiger partial charge in [-0.25, -0.2) is 4.79 Å². The number of anilines is 1. The van der Waals surface area contributed by atoms with Crippen LogP contribution in [0.3, 0.4) is 0 Å². The summed E-state index contributed by atoms with van der Waals surface area (Å²) in [4.78, 5) is 14.9. The molecule has 2 aromatic heterocycles. The summed E-state index contributed by atoms with van der Waals surface area (Å²) in [6.45, 7) is 0. The minimum absolute atomic E-state index is 0.0499. The normalized spacial score (nSPS) is 10.3. The van der Waals surface area contributed by atoms with Crippen LogP contribution in [0.4, 0.5) is 5.69 Å². The third-order valence-corrected chi connectivity index (χ3v) is 2.20. The van der Waals surface area contributed by atoms with E-state index in [1.54, 1.807) is 24.1 Å². The van der Waals surface area contributed by atoms with Crippen molar-refractivity contribution in [3.05, 3.63) is 30.2 Å². The second kappa shape index (κ2) is 3.65. The summed E-state index contributed by atoms with van der Waals surface area (Å²) >= 11 is 0. The van der Waals surface area contributed by atoms with E-state index in [2.05, 4.69) is 10.1 Å². The second-order valence-corrected chi connectivity index (χ2v) is 3.33. The van der Waals surface area contributed by atoms with Gasteiger partial charge in [0.1, 0.15) is 0 Å². The maximum absolute atomic E-state index is 10.9. The molecule has 2 aromatic rings. The van der Waals surface area contributed by atoms with Gasteiger partial charge in [0, 0.05) is 25.0 Å². The smallest absolute Gasteiger partial charge is 0.337 e. The number of carboxylic acids is 1. The third kappa shape index (κ3) is 1.60. The number of carboxylic acid groups (broad SMARTS) is 1. The Kier molecular flexibility index (Phi) is 2.32. The van der Waals surface area contributed by atoms with Gasteiger partial charge in [-0.05, 0) is 6.07 Å². The number of pyridine rings is 1. The van der Waals surface area contributed by atoms with Crippen LogP contribution in [0.15, 0.2) is 24.7 Å². The lowest BCUT2D eigenvalue weighted by Gasteiger charge is -2.04. The van der Waals surface area contributed by atoms with E-state index in [1.165, 1.54) is 12.3 Å². The number of nitrogens with zero attached hydrogens (tertiary/aromatic N) is 3. The highest BCUT2D eigenvalue weighted by Gasteiger charge is 2.14. The molecule has 0 fully saturated rings. The molecule has 0 radical (unpaired) electrons. The van der Waals surface area contributed by atoms with Crippen LogP contribution >= 0.6 is 0 Å². The van der Waals surface area contributed by atoms with E-state index in [-0.39, 0.29) is 11.3 Å². The quantitative estimate of drug-likeness (QED) is 0.776. The Morgan fingerprint density at radius 2 is 2.31 bits per heavy atom. The van der Waals surface area contributed by atoms with Crippen LogP contribution in [0.2, 0.25) is 0 Å². The van der Waals surface area contributed by atoms with Gasteiger partial charge in [0.05, 0.1) is 23.1 Å². The van der Waals surface area contributed by atoms with Crippen molar-refractivity contribution in [1.82, 2.24) is 14.8 Å². The summed E-state index contributed by atoms with van der Waals surface area (Å²) in [5.41, 5.74) is 7.09. The molecular weight excluding hydrogens is 208 g/mol. The predicted octanol–water partition coefficient (Wildman–Crippen LogP) is 0.762. The van der Waals surface area contributed by atoms with Gasteiger partial charge in [-0.3, -0.25) is 9.67 Å². The Hall–Kier alpha value is -2.37. The highest BCUT2D eigenvalue weighted by Crippen LogP contribution is 2.25. The van der Waals surface area contributed by atoms with E-state index in [4.69, 9.17) is 10.8 Å². The highest BCUT2D eigenvalue weighted by molar-refractivity contribution is 5.97. The molecule has 2 rings (SSSR count). The van der Waals surface area contributed by atoms with Crippen molar-refractivity contribution in [3.63, 3.8) is 0 Å². The molecule has 82 valence electrons. The maximum Gasteiger partial charge on any atom is 0.337 e. The summed E-state index contributed by atoms with van der Waals surface area (Å²) < 4.78 is 1.60. The van der Waals surface area contributed by atoms with Crippen LogP contribution in [-0.4, -0.2) is 25.8 Å². The zero-order valence-corrected chi connectivity index (χ0v) is 8.58. The van der Waals surface area contributed by atoms with E-state index in [1.807, 2.05) is 0 Å². The van der Waals surface area contributed by atoms with Gasteiger partial charge in [0.25, 0.3) is 0 Å². The zero-order chi connectivity index (χ0) is 11.7. The molecule has 0 aromatic carbocycles. The molecule has 0 amide bonds. The van der Waals surface area contributed by atoms with E-state index in [9.17, 15) is 4.79 Å². The summed E-state index contributed by atoms with van der Waals surface area (Å²) in [5.74, 6) is -1.06. The average Bonchev–Trinajstić information content (AvgIpc) is 2.64. The number of nitrogen functional groups attached to an aromatic ring is 1. The van der Waals surface area contributed by atoms with E-state index in [0.717, 1.165) is 0 Å². The Balaban J connectivity index is 2.58. The molecule has 0 spiro atoms. The fraction of sp³-hybridized carbons (Fsp3) is 0.100. The van der Waals surface area contributed by atoms with Crippen LogP contribution in [-0.2, 0) is 7.05 Å². The van der Waals surface area contributed by atoms with Gasteiger partial charge in [-0.15, -0.1) is 0 Å². The number of hydrogen-bond donors (Lipinski definition) is 2.